The van der Waals surface area contributed by atoms with E-state index < -0.39 is 0 Å². The van der Waals surface area contributed by atoms with E-state index >= 15 is 0 Å². The van der Waals surface area contributed by atoms with Crippen LogP contribution in [0.5, 0.6) is 0 Å². The third-order valence-electron chi connectivity index (χ3n) is 1.60. The molecule has 0 aromatic carbocycles. The third kappa shape index (κ3) is 2.33. The molecule has 2 rings (SSSR count). The van der Waals surface area contributed by atoms with Crippen LogP contribution in [-0.2, 0) is 0 Å². The first-order valence-electron chi connectivity index (χ1n) is 3.78. The number of pyridine rings is 1. The van der Waals surface area contributed by atoms with Gasteiger partial charge in [0.1, 0.15) is 5.78 Å². The standard InChI is InChI=1S/C10H6NOS.Li/c12-10(9-4-2-6-13-9)8-3-1-5-11-7-8;/h1-3,5-7H;/q-1;+1. The van der Waals surface area contributed by atoms with Crippen molar-refractivity contribution >= 4 is 17.1 Å². The smallest absolute Gasteiger partial charge is 0.363 e. The van der Waals surface area contributed by atoms with Crippen molar-refractivity contribution in [3.05, 3.63) is 52.5 Å². The molecule has 0 spiro atoms. The monoisotopic (exact) mass is 195 g/mol. The second kappa shape index (κ2) is 5.11. The maximum atomic E-state index is 11.6. The Bertz CT molecular complexity index is 399. The van der Waals surface area contributed by atoms with Crippen LogP contribution < -0.4 is 18.9 Å². The Morgan fingerprint density at radius 2 is 2.36 bits per heavy atom. The fourth-order valence-electron chi connectivity index (χ4n) is 0.993. The molecule has 0 fully saturated rings. The quantitative estimate of drug-likeness (QED) is 0.356. The van der Waals surface area contributed by atoms with Crippen molar-refractivity contribution in [3.8, 4) is 0 Å². The molecule has 0 saturated heterocycles. The number of nitrogens with zero attached hydrogens (tertiary/aromatic N) is 1. The first kappa shape index (κ1) is 11.2. The van der Waals surface area contributed by atoms with Gasteiger partial charge in [-0.2, -0.15) is 12.1 Å². The van der Waals surface area contributed by atoms with Gasteiger partial charge in [0, 0.05) is 12.4 Å². The van der Waals surface area contributed by atoms with Crippen LogP contribution in [0.3, 0.4) is 0 Å². The van der Waals surface area contributed by atoms with Crippen LogP contribution in [0, 0.1) is 6.07 Å². The van der Waals surface area contributed by atoms with Gasteiger partial charge >= 0.3 is 18.9 Å². The van der Waals surface area contributed by atoms with Crippen LogP contribution in [0.2, 0.25) is 0 Å². The van der Waals surface area contributed by atoms with Gasteiger partial charge in [-0.25, -0.2) is 11.3 Å². The Labute approximate surface area is 98.2 Å². The molecule has 0 unspecified atom stereocenters. The topological polar surface area (TPSA) is 30.0 Å². The van der Waals surface area contributed by atoms with Crippen LogP contribution in [0.1, 0.15) is 15.2 Å². The molecule has 14 heavy (non-hydrogen) atoms. The van der Waals surface area contributed by atoms with E-state index in [1.807, 2.05) is 5.38 Å². The van der Waals surface area contributed by atoms with Gasteiger partial charge < -0.3 is 4.79 Å². The van der Waals surface area contributed by atoms with Crippen molar-refractivity contribution in [2.24, 2.45) is 0 Å². The number of thiophene rings is 1. The van der Waals surface area contributed by atoms with Gasteiger partial charge in [-0.05, 0) is 11.6 Å². The fraction of sp³-hybridized carbons (Fsp3) is 0. The Morgan fingerprint density at radius 1 is 1.50 bits per heavy atom. The van der Waals surface area contributed by atoms with E-state index in [0.717, 1.165) is 0 Å². The molecule has 0 amide bonds. The van der Waals surface area contributed by atoms with Gasteiger partial charge in [0.05, 0.1) is 0 Å². The Morgan fingerprint density at radius 3 is 2.93 bits per heavy atom. The molecule has 2 heterocycles. The van der Waals surface area contributed by atoms with Crippen LogP contribution in [0.15, 0.2) is 36.0 Å². The molecule has 0 radical (unpaired) electrons. The molecule has 0 aliphatic rings. The number of hydrogen-bond donors (Lipinski definition) is 0. The predicted molar refractivity (Wildman–Crippen MR) is 50.8 cm³/mol. The summed E-state index contributed by atoms with van der Waals surface area (Å²) in [6.07, 6.45) is 3.21. The fourth-order valence-corrected chi connectivity index (χ4v) is 1.63. The largest absolute Gasteiger partial charge is 1.00 e. The molecule has 0 aliphatic carbocycles. The van der Waals surface area contributed by atoms with Crippen LogP contribution in [0.25, 0.3) is 0 Å². The van der Waals surface area contributed by atoms with Gasteiger partial charge in [0.25, 0.3) is 0 Å². The summed E-state index contributed by atoms with van der Waals surface area (Å²) in [5.41, 5.74) is 0.612. The molecule has 2 nitrogen and oxygen atoms in total. The SMILES string of the molecule is O=C(c1cccnc1)c1[c-]ccs1.[Li+]. The van der Waals surface area contributed by atoms with Crippen molar-refractivity contribution in [1.82, 2.24) is 4.98 Å². The predicted octanol–water partition coefficient (Wildman–Crippen LogP) is -0.822. The van der Waals surface area contributed by atoms with E-state index in [2.05, 4.69) is 11.1 Å². The van der Waals surface area contributed by atoms with E-state index in [1.165, 1.54) is 11.3 Å². The van der Waals surface area contributed by atoms with E-state index in [9.17, 15) is 4.79 Å². The number of ketones is 1. The summed E-state index contributed by atoms with van der Waals surface area (Å²) in [4.78, 5) is 16.2. The van der Waals surface area contributed by atoms with E-state index in [4.69, 9.17) is 0 Å². The van der Waals surface area contributed by atoms with Crippen LogP contribution in [-0.4, -0.2) is 10.8 Å². The summed E-state index contributed by atoms with van der Waals surface area (Å²) < 4.78 is 0. The van der Waals surface area contributed by atoms with Crippen molar-refractivity contribution in [2.75, 3.05) is 0 Å². The third-order valence-corrected chi connectivity index (χ3v) is 2.41. The molecule has 0 bridgehead atoms. The maximum Gasteiger partial charge on any atom is 1.00 e. The number of carbonyl (C=O) groups excluding carboxylic acids is 1. The summed E-state index contributed by atoms with van der Waals surface area (Å²) in [7, 11) is 0. The van der Waals surface area contributed by atoms with Crippen LogP contribution >= 0.6 is 11.3 Å². The van der Waals surface area contributed by atoms with Crippen LogP contribution in [0.4, 0.5) is 0 Å². The first-order chi connectivity index (χ1) is 6.38. The number of aromatic nitrogens is 1. The minimum atomic E-state index is -0.0110. The molecule has 0 aliphatic heterocycles. The number of carbonyl (C=O) groups is 1. The van der Waals surface area contributed by atoms with Crippen molar-refractivity contribution in [3.63, 3.8) is 0 Å². The van der Waals surface area contributed by atoms with Gasteiger partial charge in [0.15, 0.2) is 0 Å². The molecule has 2 aromatic rings. The van der Waals surface area contributed by atoms with Gasteiger partial charge in [0.2, 0.25) is 0 Å². The Kier molecular flexibility index (Phi) is 4.09. The van der Waals surface area contributed by atoms with Crippen molar-refractivity contribution < 1.29 is 23.7 Å². The van der Waals surface area contributed by atoms with E-state index in [0.29, 0.717) is 10.4 Å². The summed E-state index contributed by atoms with van der Waals surface area (Å²) in [6.45, 7) is 0. The van der Waals surface area contributed by atoms with E-state index in [1.54, 1.807) is 30.6 Å². The summed E-state index contributed by atoms with van der Waals surface area (Å²) in [5, 5.41) is 1.84. The van der Waals surface area contributed by atoms with Gasteiger partial charge in [-0.3, -0.25) is 4.98 Å². The molecule has 0 N–H and O–H groups in total. The molecular formula is C10H6LiNOS. The number of rotatable bonds is 2. The Balaban J connectivity index is 0.000000980. The summed E-state index contributed by atoms with van der Waals surface area (Å²) in [6, 6.07) is 8.12. The minimum Gasteiger partial charge on any atom is -0.363 e. The minimum absolute atomic E-state index is 0. The average molecular weight is 195 g/mol. The van der Waals surface area contributed by atoms with Gasteiger partial charge in [-0.15, -0.1) is 5.38 Å². The Hall–Kier alpha value is -0.883. The van der Waals surface area contributed by atoms with Crippen molar-refractivity contribution in [1.29, 1.82) is 0 Å². The molecule has 64 valence electrons. The van der Waals surface area contributed by atoms with Crippen molar-refractivity contribution in [2.45, 2.75) is 0 Å². The normalized spacial score (nSPS) is 9.14. The molecule has 2 aromatic heterocycles. The zero-order chi connectivity index (χ0) is 9.10. The summed E-state index contributed by atoms with van der Waals surface area (Å²) >= 11 is 1.39. The zero-order valence-corrected chi connectivity index (χ0v) is 8.54. The maximum absolute atomic E-state index is 11.6. The molecule has 4 heteroatoms. The summed E-state index contributed by atoms with van der Waals surface area (Å²) in [5.74, 6) is -0.0110. The molecular weight excluding hydrogens is 189 g/mol. The second-order valence-electron chi connectivity index (χ2n) is 2.46. The number of hydrogen-bond acceptors (Lipinski definition) is 3. The average Bonchev–Trinajstić information content (AvgIpc) is 2.71. The molecule has 0 atom stereocenters. The van der Waals surface area contributed by atoms with Gasteiger partial charge in [-0.1, -0.05) is 10.9 Å². The van der Waals surface area contributed by atoms with E-state index in [-0.39, 0.29) is 24.6 Å². The zero-order valence-electron chi connectivity index (χ0n) is 7.73. The second-order valence-corrected chi connectivity index (χ2v) is 3.38. The first-order valence-corrected chi connectivity index (χ1v) is 4.66. The molecule has 0 saturated carbocycles.